The van der Waals surface area contributed by atoms with Crippen molar-refractivity contribution in [3.63, 3.8) is 0 Å². The maximum atomic E-state index is 5.68. The van der Waals surface area contributed by atoms with Crippen molar-refractivity contribution in [1.29, 1.82) is 0 Å². The van der Waals surface area contributed by atoms with Crippen LogP contribution in [0.3, 0.4) is 0 Å². The minimum Gasteiger partial charge on any atom is -0.355 e. The summed E-state index contributed by atoms with van der Waals surface area (Å²) in [5, 5.41) is 1.24. The van der Waals surface area contributed by atoms with Crippen molar-refractivity contribution >= 4 is 27.4 Å². The summed E-state index contributed by atoms with van der Waals surface area (Å²) in [5.41, 5.74) is 7.01. The van der Waals surface area contributed by atoms with E-state index in [1.54, 1.807) is 17.7 Å². The molecule has 0 saturated carbocycles. The van der Waals surface area contributed by atoms with Crippen LogP contribution >= 0.6 is 11.3 Å². The number of rotatable bonds is 3. The lowest BCUT2D eigenvalue weighted by Crippen LogP contribution is -2.34. The smallest absolute Gasteiger partial charge is 0.141 e. The second-order valence-corrected chi connectivity index (χ2v) is 6.83. The first-order valence-corrected chi connectivity index (χ1v) is 8.40. The minimum atomic E-state index is 0.737. The third-order valence-electron chi connectivity index (χ3n) is 4.28. The Balaban J connectivity index is 1.90. The lowest BCUT2D eigenvalue weighted by Gasteiger charge is -2.23. The van der Waals surface area contributed by atoms with Crippen molar-refractivity contribution in [1.82, 2.24) is 14.9 Å². The molecule has 2 aromatic heterocycles. The number of hydrogen-bond acceptors (Lipinski definition) is 6. The van der Waals surface area contributed by atoms with Crippen molar-refractivity contribution < 1.29 is 0 Å². The van der Waals surface area contributed by atoms with E-state index < -0.39 is 0 Å². The molecule has 0 unspecified atom stereocenters. The number of aromatic nitrogens is 2. The van der Waals surface area contributed by atoms with E-state index in [2.05, 4.69) is 33.6 Å². The molecule has 0 aromatic carbocycles. The van der Waals surface area contributed by atoms with E-state index in [1.165, 1.54) is 15.8 Å². The molecule has 1 saturated heterocycles. The van der Waals surface area contributed by atoms with Crippen LogP contribution in [0, 0.1) is 13.8 Å². The highest BCUT2D eigenvalue weighted by molar-refractivity contribution is 7.18. The highest BCUT2D eigenvalue weighted by Gasteiger charge is 2.20. The van der Waals surface area contributed by atoms with E-state index in [1.807, 2.05) is 0 Å². The fourth-order valence-corrected chi connectivity index (χ4v) is 3.98. The summed E-state index contributed by atoms with van der Waals surface area (Å²) in [4.78, 5) is 16.3. The van der Waals surface area contributed by atoms with Crippen LogP contribution < -0.4 is 10.6 Å². The zero-order chi connectivity index (χ0) is 14.8. The van der Waals surface area contributed by atoms with Crippen LogP contribution in [0.25, 0.3) is 10.2 Å². The average Bonchev–Trinajstić information content (AvgIpc) is 2.67. The van der Waals surface area contributed by atoms with Crippen LogP contribution in [0.2, 0.25) is 0 Å². The van der Waals surface area contributed by atoms with Crippen molar-refractivity contribution in [2.24, 2.45) is 5.73 Å². The summed E-state index contributed by atoms with van der Waals surface area (Å²) in [5.74, 6) is 1.11. The second kappa shape index (κ2) is 6.25. The summed E-state index contributed by atoms with van der Waals surface area (Å²) in [6.07, 6.45) is 2.86. The monoisotopic (exact) mass is 305 g/mol. The number of nitrogens with two attached hydrogens (primary N) is 1. The first kappa shape index (κ1) is 14.7. The average molecular weight is 305 g/mol. The largest absolute Gasteiger partial charge is 0.355 e. The third kappa shape index (κ3) is 2.88. The Kier molecular flexibility index (Phi) is 4.37. The van der Waals surface area contributed by atoms with Gasteiger partial charge in [-0.25, -0.2) is 9.97 Å². The Morgan fingerprint density at radius 1 is 1.19 bits per heavy atom. The molecule has 1 aliphatic rings. The first-order valence-electron chi connectivity index (χ1n) is 7.58. The molecule has 5 nitrogen and oxygen atoms in total. The fourth-order valence-electron chi connectivity index (χ4n) is 2.99. The van der Waals surface area contributed by atoms with E-state index in [0.717, 1.165) is 56.3 Å². The SMILES string of the molecule is Cc1sc2ncnc(N3CCCN(CCN)CC3)c2c1C. The maximum Gasteiger partial charge on any atom is 0.141 e. The molecule has 21 heavy (non-hydrogen) atoms. The minimum absolute atomic E-state index is 0.737. The molecule has 3 heterocycles. The summed E-state index contributed by atoms with van der Waals surface area (Å²) in [6, 6.07) is 0. The molecule has 0 atom stereocenters. The van der Waals surface area contributed by atoms with Crippen LogP contribution in [0.5, 0.6) is 0 Å². The maximum absolute atomic E-state index is 5.68. The van der Waals surface area contributed by atoms with Gasteiger partial charge in [-0.15, -0.1) is 11.3 Å². The highest BCUT2D eigenvalue weighted by atomic mass is 32.1. The van der Waals surface area contributed by atoms with Crippen LogP contribution in [0.15, 0.2) is 6.33 Å². The number of thiophene rings is 1. The molecular weight excluding hydrogens is 282 g/mol. The molecule has 0 aliphatic carbocycles. The van der Waals surface area contributed by atoms with Crippen molar-refractivity contribution in [3.05, 3.63) is 16.8 Å². The van der Waals surface area contributed by atoms with Gasteiger partial charge >= 0.3 is 0 Å². The van der Waals surface area contributed by atoms with E-state index in [-0.39, 0.29) is 0 Å². The van der Waals surface area contributed by atoms with Gasteiger partial charge < -0.3 is 15.5 Å². The summed E-state index contributed by atoms with van der Waals surface area (Å²) >= 11 is 1.77. The molecule has 1 aliphatic heterocycles. The Labute approximate surface area is 129 Å². The summed E-state index contributed by atoms with van der Waals surface area (Å²) in [6.45, 7) is 10.3. The standard InChI is InChI=1S/C15H23N5S/c1-11-12(2)21-15-13(11)14(17-10-18-15)20-6-3-5-19(7-4-16)8-9-20/h10H,3-9,16H2,1-2H3. The molecule has 0 radical (unpaired) electrons. The number of anilines is 1. The normalized spacial score (nSPS) is 17.4. The fraction of sp³-hybridized carbons (Fsp3) is 0.600. The van der Waals surface area contributed by atoms with E-state index in [0.29, 0.717) is 0 Å². The topological polar surface area (TPSA) is 58.3 Å². The van der Waals surface area contributed by atoms with Crippen molar-refractivity contribution in [2.45, 2.75) is 20.3 Å². The van der Waals surface area contributed by atoms with Gasteiger partial charge in [-0.2, -0.15) is 0 Å². The number of hydrogen-bond donors (Lipinski definition) is 1. The summed E-state index contributed by atoms with van der Waals surface area (Å²) in [7, 11) is 0. The molecule has 114 valence electrons. The second-order valence-electron chi connectivity index (χ2n) is 5.63. The Bertz CT molecular complexity index is 624. The Morgan fingerprint density at radius 3 is 2.86 bits per heavy atom. The number of aryl methyl sites for hydroxylation is 2. The molecule has 2 aromatic rings. The van der Waals surface area contributed by atoms with Gasteiger partial charge in [0.05, 0.1) is 5.39 Å². The van der Waals surface area contributed by atoms with E-state index in [9.17, 15) is 0 Å². The summed E-state index contributed by atoms with van der Waals surface area (Å²) < 4.78 is 0. The van der Waals surface area contributed by atoms with Gasteiger partial charge in [-0.05, 0) is 32.4 Å². The molecule has 0 amide bonds. The molecule has 0 bridgehead atoms. The van der Waals surface area contributed by atoms with Gasteiger partial charge in [0.15, 0.2) is 0 Å². The molecule has 2 N–H and O–H groups in total. The zero-order valence-corrected chi connectivity index (χ0v) is 13.6. The van der Waals surface area contributed by atoms with Gasteiger partial charge in [0, 0.05) is 37.6 Å². The lowest BCUT2D eigenvalue weighted by molar-refractivity contribution is 0.302. The van der Waals surface area contributed by atoms with Gasteiger partial charge in [0.1, 0.15) is 17.0 Å². The Hall–Kier alpha value is -1.24. The van der Waals surface area contributed by atoms with Crippen molar-refractivity contribution in [2.75, 3.05) is 44.2 Å². The molecule has 1 fully saturated rings. The molecule has 3 rings (SSSR count). The van der Waals surface area contributed by atoms with Gasteiger partial charge in [-0.1, -0.05) is 0 Å². The molecular formula is C15H23N5S. The highest BCUT2D eigenvalue weighted by Crippen LogP contribution is 2.34. The van der Waals surface area contributed by atoms with Gasteiger partial charge in [-0.3, -0.25) is 0 Å². The van der Waals surface area contributed by atoms with Crippen LogP contribution in [-0.4, -0.2) is 54.1 Å². The zero-order valence-electron chi connectivity index (χ0n) is 12.8. The van der Waals surface area contributed by atoms with E-state index in [4.69, 9.17) is 5.73 Å². The number of fused-ring (bicyclic) bond motifs is 1. The molecule has 0 spiro atoms. The van der Waals surface area contributed by atoms with Crippen LogP contribution in [-0.2, 0) is 0 Å². The van der Waals surface area contributed by atoms with Crippen LogP contribution in [0.4, 0.5) is 5.82 Å². The lowest BCUT2D eigenvalue weighted by atomic mass is 10.2. The Morgan fingerprint density at radius 2 is 2.05 bits per heavy atom. The molecule has 6 heteroatoms. The van der Waals surface area contributed by atoms with Gasteiger partial charge in [0.25, 0.3) is 0 Å². The van der Waals surface area contributed by atoms with Gasteiger partial charge in [0.2, 0.25) is 0 Å². The first-order chi connectivity index (χ1) is 10.2. The van der Waals surface area contributed by atoms with Crippen molar-refractivity contribution in [3.8, 4) is 0 Å². The predicted octanol–water partition coefficient (Wildman–Crippen LogP) is 1.78. The predicted molar refractivity (Wildman–Crippen MR) is 89.2 cm³/mol. The van der Waals surface area contributed by atoms with Crippen LogP contribution in [0.1, 0.15) is 16.9 Å². The van der Waals surface area contributed by atoms with E-state index >= 15 is 0 Å². The third-order valence-corrected chi connectivity index (χ3v) is 5.39. The quantitative estimate of drug-likeness (QED) is 0.937. The number of nitrogens with zero attached hydrogens (tertiary/aromatic N) is 4.